The van der Waals surface area contributed by atoms with Crippen LogP contribution in [0.5, 0.6) is 0 Å². The largest absolute Gasteiger partial charge is 0.350 e. The van der Waals surface area contributed by atoms with Crippen LogP contribution in [-0.4, -0.2) is 10.7 Å². The number of carbonyl (C=O) groups excluding carboxylic acids is 1. The smallest absolute Gasteiger partial charge is 0.156 e. The predicted molar refractivity (Wildman–Crippen MR) is 66.5 cm³/mol. The van der Waals surface area contributed by atoms with E-state index in [1.807, 2.05) is 0 Å². The molecule has 0 atom stereocenters. The molecule has 1 aromatic carbocycles. The van der Waals surface area contributed by atoms with Crippen LogP contribution in [0.3, 0.4) is 0 Å². The van der Waals surface area contributed by atoms with Gasteiger partial charge in [-0.05, 0) is 32.2 Å². The standard InChI is InChI=1S/C14H15F2NO/c1-4-17(8-10(2)11(3)18)9-12-13(15)6-5-7-14(12)16/h4-8H,1,9H2,2-3H3/b10-8+. The third kappa shape index (κ3) is 3.52. The molecule has 0 saturated heterocycles. The van der Waals surface area contributed by atoms with Crippen LogP contribution in [0.4, 0.5) is 8.78 Å². The molecule has 0 aliphatic heterocycles. The first-order chi connectivity index (χ1) is 8.45. The van der Waals surface area contributed by atoms with Gasteiger partial charge in [0.05, 0.1) is 6.54 Å². The van der Waals surface area contributed by atoms with Crippen molar-refractivity contribution in [3.05, 3.63) is 59.9 Å². The van der Waals surface area contributed by atoms with Gasteiger partial charge in [-0.1, -0.05) is 12.6 Å². The molecule has 4 heteroatoms. The Hall–Kier alpha value is -1.97. The summed E-state index contributed by atoms with van der Waals surface area (Å²) in [5, 5.41) is 0. The van der Waals surface area contributed by atoms with E-state index in [1.54, 1.807) is 6.92 Å². The van der Waals surface area contributed by atoms with Gasteiger partial charge in [0.2, 0.25) is 0 Å². The second kappa shape index (κ2) is 6.10. The van der Waals surface area contributed by atoms with E-state index in [0.717, 1.165) is 0 Å². The molecule has 0 aliphatic carbocycles. The number of allylic oxidation sites excluding steroid dienone is 1. The van der Waals surface area contributed by atoms with Crippen molar-refractivity contribution in [2.24, 2.45) is 0 Å². The Balaban J connectivity index is 2.97. The topological polar surface area (TPSA) is 20.3 Å². The summed E-state index contributed by atoms with van der Waals surface area (Å²) in [4.78, 5) is 12.6. The zero-order valence-electron chi connectivity index (χ0n) is 10.4. The van der Waals surface area contributed by atoms with Gasteiger partial charge in [-0.3, -0.25) is 4.79 Å². The van der Waals surface area contributed by atoms with Crippen LogP contribution in [0.1, 0.15) is 19.4 Å². The lowest BCUT2D eigenvalue weighted by Crippen LogP contribution is -2.13. The van der Waals surface area contributed by atoms with E-state index in [4.69, 9.17) is 0 Å². The van der Waals surface area contributed by atoms with Crippen LogP contribution >= 0.6 is 0 Å². The Bertz CT molecular complexity index is 474. The monoisotopic (exact) mass is 251 g/mol. The number of hydrogen-bond donors (Lipinski definition) is 0. The second-order valence-corrected chi connectivity index (χ2v) is 3.92. The number of nitrogens with zero attached hydrogens (tertiary/aromatic N) is 1. The molecule has 18 heavy (non-hydrogen) atoms. The Morgan fingerprint density at radius 1 is 1.33 bits per heavy atom. The number of benzene rings is 1. The van der Waals surface area contributed by atoms with E-state index in [0.29, 0.717) is 5.57 Å². The summed E-state index contributed by atoms with van der Waals surface area (Å²) >= 11 is 0. The average Bonchev–Trinajstić information content (AvgIpc) is 2.32. The van der Waals surface area contributed by atoms with Gasteiger partial charge in [0.1, 0.15) is 11.6 Å². The molecule has 0 unspecified atom stereocenters. The molecule has 0 saturated carbocycles. The molecule has 0 aromatic heterocycles. The summed E-state index contributed by atoms with van der Waals surface area (Å²) in [6, 6.07) is 3.70. The molecule has 0 radical (unpaired) electrons. The van der Waals surface area contributed by atoms with Gasteiger partial charge in [-0.25, -0.2) is 8.78 Å². The Kier molecular flexibility index (Phi) is 4.77. The predicted octanol–water partition coefficient (Wildman–Crippen LogP) is 3.40. The first kappa shape index (κ1) is 14.1. The van der Waals surface area contributed by atoms with Gasteiger partial charge < -0.3 is 4.90 Å². The average molecular weight is 251 g/mol. The van der Waals surface area contributed by atoms with E-state index in [-0.39, 0.29) is 17.9 Å². The summed E-state index contributed by atoms with van der Waals surface area (Å²) in [6.07, 6.45) is 2.93. The third-order valence-corrected chi connectivity index (χ3v) is 2.55. The summed E-state index contributed by atoms with van der Waals surface area (Å²) < 4.78 is 26.9. The number of halogens is 2. The fourth-order valence-electron chi connectivity index (χ4n) is 1.37. The zero-order valence-corrected chi connectivity index (χ0v) is 10.4. The van der Waals surface area contributed by atoms with Crippen molar-refractivity contribution in [3.8, 4) is 0 Å². The van der Waals surface area contributed by atoms with Gasteiger partial charge in [0, 0.05) is 17.3 Å². The normalized spacial score (nSPS) is 11.2. The van der Waals surface area contributed by atoms with Crippen molar-refractivity contribution < 1.29 is 13.6 Å². The minimum absolute atomic E-state index is 0.00731. The van der Waals surface area contributed by atoms with Gasteiger partial charge in [0.25, 0.3) is 0 Å². The van der Waals surface area contributed by atoms with Gasteiger partial charge >= 0.3 is 0 Å². The highest BCUT2D eigenvalue weighted by Gasteiger charge is 2.10. The van der Waals surface area contributed by atoms with Crippen LogP contribution in [0.25, 0.3) is 0 Å². The quantitative estimate of drug-likeness (QED) is 0.747. The highest BCUT2D eigenvalue weighted by molar-refractivity contribution is 5.92. The van der Waals surface area contributed by atoms with Crippen LogP contribution in [0.15, 0.2) is 42.8 Å². The lowest BCUT2D eigenvalue weighted by Gasteiger charge is -2.17. The molecule has 96 valence electrons. The maximum Gasteiger partial charge on any atom is 0.156 e. The lowest BCUT2D eigenvalue weighted by atomic mass is 10.2. The molecule has 0 spiro atoms. The summed E-state index contributed by atoms with van der Waals surface area (Å²) in [5.41, 5.74) is 0.441. The van der Waals surface area contributed by atoms with Gasteiger partial charge in [0.15, 0.2) is 5.78 Å². The third-order valence-electron chi connectivity index (χ3n) is 2.55. The zero-order chi connectivity index (χ0) is 13.7. The molecule has 2 nitrogen and oxygen atoms in total. The maximum absolute atomic E-state index is 13.5. The minimum Gasteiger partial charge on any atom is -0.350 e. The molecule has 1 rings (SSSR count). The minimum atomic E-state index is -0.615. The van der Waals surface area contributed by atoms with Gasteiger partial charge in [-0.15, -0.1) is 0 Å². The molecule has 1 aromatic rings. The molecule has 0 N–H and O–H groups in total. The highest BCUT2D eigenvalue weighted by atomic mass is 19.1. The van der Waals surface area contributed by atoms with E-state index in [1.165, 1.54) is 42.4 Å². The number of Topliss-reactive ketones (excluding diaryl/α,β-unsaturated/α-hetero) is 1. The number of carbonyl (C=O) groups is 1. The lowest BCUT2D eigenvalue weighted by molar-refractivity contribution is -0.113. The molecular weight excluding hydrogens is 236 g/mol. The fraction of sp³-hybridized carbons (Fsp3) is 0.214. The van der Waals surface area contributed by atoms with Crippen molar-refractivity contribution in [3.63, 3.8) is 0 Å². The van der Waals surface area contributed by atoms with E-state index in [9.17, 15) is 13.6 Å². The van der Waals surface area contributed by atoms with Crippen molar-refractivity contribution in [2.75, 3.05) is 0 Å². The van der Waals surface area contributed by atoms with Crippen LogP contribution < -0.4 is 0 Å². The summed E-state index contributed by atoms with van der Waals surface area (Å²) in [5.74, 6) is -1.33. The highest BCUT2D eigenvalue weighted by Crippen LogP contribution is 2.15. The van der Waals surface area contributed by atoms with Crippen LogP contribution in [0, 0.1) is 11.6 Å². The SMILES string of the molecule is C=CN(/C=C(\C)C(C)=O)Cc1c(F)cccc1F. The first-order valence-corrected chi connectivity index (χ1v) is 5.46. The van der Waals surface area contributed by atoms with E-state index in [2.05, 4.69) is 6.58 Å². The number of ketones is 1. The van der Waals surface area contributed by atoms with E-state index >= 15 is 0 Å². The number of rotatable bonds is 5. The Morgan fingerprint density at radius 3 is 2.33 bits per heavy atom. The Labute approximate surface area is 105 Å². The van der Waals surface area contributed by atoms with Crippen LogP contribution in [0.2, 0.25) is 0 Å². The summed E-state index contributed by atoms with van der Waals surface area (Å²) in [6.45, 7) is 6.61. The van der Waals surface area contributed by atoms with Crippen molar-refractivity contribution in [1.82, 2.24) is 4.90 Å². The molecular formula is C14H15F2NO. The molecule has 0 heterocycles. The second-order valence-electron chi connectivity index (χ2n) is 3.92. The molecule has 0 aliphatic rings. The summed E-state index contributed by atoms with van der Waals surface area (Å²) in [7, 11) is 0. The molecule has 0 fully saturated rings. The van der Waals surface area contributed by atoms with E-state index < -0.39 is 11.6 Å². The van der Waals surface area contributed by atoms with Crippen molar-refractivity contribution in [1.29, 1.82) is 0 Å². The molecule has 0 bridgehead atoms. The van der Waals surface area contributed by atoms with Crippen molar-refractivity contribution >= 4 is 5.78 Å². The van der Waals surface area contributed by atoms with Crippen molar-refractivity contribution in [2.45, 2.75) is 20.4 Å². The van der Waals surface area contributed by atoms with Crippen LogP contribution in [-0.2, 0) is 11.3 Å². The maximum atomic E-state index is 13.5. The molecule has 0 amide bonds. The fourth-order valence-corrected chi connectivity index (χ4v) is 1.37. The van der Waals surface area contributed by atoms with Gasteiger partial charge in [-0.2, -0.15) is 0 Å². The first-order valence-electron chi connectivity index (χ1n) is 5.46. The Morgan fingerprint density at radius 2 is 1.89 bits per heavy atom. The number of hydrogen-bond acceptors (Lipinski definition) is 2.